The van der Waals surface area contributed by atoms with Crippen LogP contribution in [0.4, 0.5) is 10.5 Å². The molecule has 0 saturated heterocycles. The van der Waals surface area contributed by atoms with Gasteiger partial charge in [-0.05, 0) is 71.6 Å². The molecular formula is C31H30N2O5. The van der Waals surface area contributed by atoms with Crippen molar-refractivity contribution in [1.82, 2.24) is 5.32 Å². The van der Waals surface area contributed by atoms with Crippen LogP contribution in [-0.2, 0) is 24.4 Å². The highest BCUT2D eigenvalue weighted by Crippen LogP contribution is 2.35. The average molecular weight is 511 g/mol. The number of benzene rings is 4. The molecule has 194 valence electrons. The van der Waals surface area contributed by atoms with E-state index >= 15 is 0 Å². The van der Waals surface area contributed by atoms with Gasteiger partial charge in [-0.15, -0.1) is 0 Å². The highest BCUT2D eigenvalue weighted by molar-refractivity contribution is 5.88. The lowest BCUT2D eigenvalue weighted by atomic mass is 9.93. The Morgan fingerprint density at radius 1 is 0.842 bits per heavy atom. The second-order valence-corrected chi connectivity index (χ2v) is 9.22. The fourth-order valence-corrected chi connectivity index (χ4v) is 4.56. The van der Waals surface area contributed by atoms with Crippen molar-refractivity contribution >= 4 is 11.8 Å². The number of fused-ring (bicyclic) bond motifs is 1. The lowest BCUT2D eigenvalue weighted by Gasteiger charge is -2.32. The van der Waals surface area contributed by atoms with E-state index in [1.165, 1.54) is 0 Å². The molecule has 0 radical (unpaired) electrons. The maximum Gasteiger partial charge on any atom is 0.414 e. The molecule has 7 nitrogen and oxygen atoms in total. The molecule has 7 heteroatoms. The molecule has 1 unspecified atom stereocenters. The van der Waals surface area contributed by atoms with E-state index in [0.29, 0.717) is 31.0 Å². The number of hydrogen-bond donors (Lipinski definition) is 3. The van der Waals surface area contributed by atoms with Crippen molar-refractivity contribution in [3.63, 3.8) is 0 Å². The van der Waals surface area contributed by atoms with Gasteiger partial charge < -0.3 is 25.0 Å². The normalized spacial score (nSPS) is 14.4. The molecule has 0 bridgehead atoms. The molecule has 1 aliphatic rings. The number of hydrogen-bond acceptors (Lipinski definition) is 6. The minimum absolute atomic E-state index is 0.144. The van der Waals surface area contributed by atoms with Crippen LogP contribution in [0.25, 0.3) is 0 Å². The Morgan fingerprint density at radius 2 is 1.47 bits per heavy atom. The van der Waals surface area contributed by atoms with Crippen molar-refractivity contribution in [3.8, 4) is 17.2 Å². The zero-order valence-electron chi connectivity index (χ0n) is 20.9. The SMILES string of the molecule is O=C(OCc1ccccc1)N(CC1NCCc2cc(O)c(O)cc21)c1ccc(OCc2ccccc2)cc1. The first kappa shape index (κ1) is 25.2. The molecule has 38 heavy (non-hydrogen) atoms. The van der Waals surface area contributed by atoms with Crippen LogP contribution in [-0.4, -0.2) is 29.4 Å². The van der Waals surface area contributed by atoms with Crippen LogP contribution in [0.3, 0.4) is 0 Å². The third-order valence-corrected chi connectivity index (χ3v) is 6.58. The molecule has 1 atom stereocenters. The summed E-state index contributed by atoms with van der Waals surface area (Å²) in [4.78, 5) is 15.0. The molecular weight excluding hydrogens is 480 g/mol. The van der Waals surface area contributed by atoms with Gasteiger partial charge in [-0.2, -0.15) is 0 Å². The standard InChI is InChI=1S/C31H30N2O5/c34-29-17-24-15-16-32-28(27(24)18-30(29)35)19-33(31(36)38-21-23-9-5-2-6-10-23)25-11-13-26(14-12-25)37-20-22-7-3-1-4-8-22/h1-14,17-18,28,32,34-35H,15-16,19-21H2. The van der Waals surface area contributed by atoms with Gasteiger partial charge in [-0.3, -0.25) is 4.90 Å². The molecule has 0 fully saturated rings. The lowest BCUT2D eigenvalue weighted by Crippen LogP contribution is -2.42. The first-order valence-electron chi connectivity index (χ1n) is 12.6. The fourth-order valence-electron chi connectivity index (χ4n) is 4.56. The van der Waals surface area contributed by atoms with Crippen LogP contribution in [0.15, 0.2) is 97.1 Å². The number of aromatic hydroxyl groups is 2. The number of anilines is 1. The van der Waals surface area contributed by atoms with Crippen LogP contribution in [0.2, 0.25) is 0 Å². The van der Waals surface area contributed by atoms with Crippen molar-refractivity contribution < 1.29 is 24.5 Å². The summed E-state index contributed by atoms with van der Waals surface area (Å²) in [6.07, 6.45) is 0.231. The first-order valence-corrected chi connectivity index (χ1v) is 12.6. The van der Waals surface area contributed by atoms with Gasteiger partial charge in [0.1, 0.15) is 19.0 Å². The molecule has 3 N–H and O–H groups in total. The maximum atomic E-state index is 13.4. The van der Waals surface area contributed by atoms with E-state index in [2.05, 4.69) is 5.32 Å². The molecule has 1 aliphatic heterocycles. The second kappa shape index (κ2) is 11.7. The highest BCUT2D eigenvalue weighted by Gasteiger charge is 2.27. The van der Waals surface area contributed by atoms with Gasteiger partial charge in [0.2, 0.25) is 0 Å². The van der Waals surface area contributed by atoms with Gasteiger partial charge in [0.25, 0.3) is 0 Å². The molecule has 4 aromatic rings. The van der Waals surface area contributed by atoms with Crippen LogP contribution >= 0.6 is 0 Å². The Morgan fingerprint density at radius 3 is 2.16 bits per heavy atom. The van der Waals surface area contributed by atoms with Crippen LogP contribution in [0.1, 0.15) is 28.3 Å². The summed E-state index contributed by atoms with van der Waals surface area (Å²) in [6, 6.07) is 29.7. The Labute approximate surface area is 221 Å². The van der Waals surface area contributed by atoms with Crippen molar-refractivity contribution in [2.75, 3.05) is 18.0 Å². The molecule has 0 spiro atoms. The number of phenolic OH excluding ortho intramolecular Hbond substituents is 2. The van der Waals surface area contributed by atoms with Crippen molar-refractivity contribution in [3.05, 3.63) is 119 Å². The number of amides is 1. The Bertz CT molecular complexity index is 1360. The first-order chi connectivity index (χ1) is 18.6. The number of rotatable bonds is 8. The predicted octanol–water partition coefficient (Wildman–Crippen LogP) is 5.71. The van der Waals surface area contributed by atoms with Crippen molar-refractivity contribution in [1.29, 1.82) is 0 Å². The molecule has 0 aromatic heterocycles. The van der Waals surface area contributed by atoms with Gasteiger partial charge in [-0.25, -0.2) is 4.79 Å². The molecule has 5 rings (SSSR count). The highest BCUT2D eigenvalue weighted by atomic mass is 16.6. The zero-order valence-corrected chi connectivity index (χ0v) is 20.9. The van der Waals surface area contributed by atoms with Gasteiger partial charge in [0.05, 0.1) is 6.04 Å². The summed E-state index contributed by atoms with van der Waals surface area (Å²) in [6.45, 7) is 1.55. The minimum atomic E-state index is -0.483. The van der Waals surface area contributed by atoms with Crippen LogP contribution < -0.4 is 15.0 Å². The summed E-state index contributed by atoms with van der Waals surface area (Å²) < 4.78 is 11.6. The number of carbonyl (C=O) groups excluding carboxylic acids is 1. The summed E-state index contributed by atoms with van der Waals surface area (Å²) in [7, 11) is 0. The van der Waals surface area contributed by atoms with Crippen molar-refractivity contribution in [2.24, 2.45) is 0 Å². The van der Waals surface area contributed by atoms with Crippen LogP contribution in [0, 0.1) is 0 Å². The fraction of sp³-hybridized carbons (Fsp3) is 0.194. The van der Waals surface area contributed by atoms with E-state index in [9.17, 15) is 15.0 Å². The largest absolute Gasteiger partial charge is 0.504 e. The van der Waals surface area contributed by atoms with Gasteiger partial charge in [0.15, 0.2) is 11.5 Å². The number of nitrogens with zero attached hydrogens (tertiary/aromatic N) is 1. The molecule has 4 aromatic carbocycles. The van der Waals surface area contributed by atoms with E-state index in [0.717, 1.165) is 22.3 Å². The molecule has 1 amide bonds. The molecule has 1 heterocycles. The summed E-state index contributed by atoms with van der Waals surface area (Å²) in [5, 5.41) is 23.5. The number of ether oxygens (including phenoxy) is 2. The molecule has 0 aliphatic carbocycles. The number of phenols is 2. The third-order valence-electron chi connectivity index (χ3n) is 6.58. The Balaban J connectivity index is 1.36. The van der Waals surface area contributed by atoms with E-state index in [-0.39, 0.29) is 30.7 Å². The summed E-state index contributed by atoms with van der Waals surface area (Å²) in [5.41, 5.74) is 4.40. The lowest BCUT2D eigenvalue weighted by molar-refractivity contribution is 0.146. The van der Waals surface area contributed by atoms with E-state index in [4.69, 9.17) is 9.47 Å². The number of nitrogens with one attached hydrogen (secondary N) is 1. The van der Waals surface area contributed by atoms with Gasteiger partial charge in [0, 0.05) is 12.2 Å². The smallest absolute Gasteiger partial charge is 0.414 e. The Hall–Kier alpha value is -4.49. The van der Waals surface area contributed by atoms with Gasteiger partial charge in [-0.1, -0.05) is 60.7 Å². The zero-order chi connectivity index (χ0) is 26.3. The van der Waals surface area contributed by atoms with E-state index < -0.39 is 6.09 Å². The maximum absolute atomic E-state index is 13.4. The second-order valence-electron chi connectivity index (χ2n) is 9.22. The Kier molecular flexibility index (Phi) is 7.75. The van der Waals surface area contributed by atoms with E-state index in [1.807, 2.05) is 84.9 Å². The molecule has 0 saturated carbocycles. The summed E-state index contributed by atoms with van der Waals surface area (Å²) in [5.74, 6) is 0.363. The third kappa shape index (κ3) is 6.07. The quantitative estimate of drug-likeness (QED) is 0.263. The van der Waals surface area contributed by atoms with E-state index in [1.54, 1.807) is 17.0 Å². The van der Waals surface area contributed by atoms with Crippen molar-refractivity contribution in [2.45, 2.75) is 25.7 Å². The van der Waals surface area contributed by atoms with Gasteiger partial charge >= 0.3 is 6.09 Å². The predicted molar refractivity (Wildman–Crippen MR) is 145 cm³/mol. The average Bonchev–Trinajstić information content (AvgIpc) is 2.96. The monoisotopic (exact) mass is 510 g/mol. The summed E-state index contributed by atoms with van der Waals surface area (Å²) >= 11 is 0. The van der Waals surface area contributed by atoms with Crippen LogP contribution in [0.5, 0.6) is 17.2 Å². The number of carbonyl (C=O) groups is 1. The minimum Gasteiger partial charge on any atom is -0.504 e. The topological polar surface area (TPSA) is 91.3 Å².